The monoisotopic (exact) mass is 581 g/mol. The maximum Gasteiger partial charge on any atom is 0.362 e. The molecule has 3 atom stereocenters. The summed E-state index contributed by atoms with van der Waals surface area (Å²) in [6.45, 7) is 6.80. The molecule has 0 N–H and O–H groups in total. The lowest BCUT2D eigenvalue weighted by Gasteiger charge is -2.47. The molecule has 2 aliphatic heterocycles. The first-order valence-corrected chi connectivity index (χ1v) is 13.8. The number of nitrogens with zero attached hydrogens (tertiary/aromatic N) is 3. The number of nitro groups is 1. The van der Waals surface area contributed by atoms with Crippen LogP contribution in [0.4, 0.5) is 5.69 Å². The van der Waals surface area contributed by atoms with Gasteiger partial charge in [-0.2, -0.15) is 0 Å². The molecule has 0 unspecified atom stereocenters. The zero-order valence-corrected chi connectivity index (χ0v) is 24.1. The number of carbonyl (C=O) groups excluding carboxylic acids is 4. The number of ether oxygens (including phenoxy) is 1. The molecule has 0 aliphatic carbocycles. The minimum absolute atomic E-state index is 0.00654. The van der Waals surface area contributed by atoms with Crippen molar-refractivity contribution in [2.24, 2.45) is 17.8 Å². The Morgan fingerprint density at radius 2 is 1.66 bits per heavy atom. The van der Waals surface area contributed by atoms with Gasteiger partial charge in [-0.3, -0.25) is 19.7 Å². The molecule has 11 heteroatoms. The van der Waals surface area contributed by atoms with Crippen molar-refractivity contribution in [1.82, 2.24) is 9.80 Å². The van der Waals surface area contributed by atoms with Crippen LogP contribution in [0.2, 0.25) is 5.02 Å². The number of amides is 1. The van der Waals surface area contributed by atoms with E-state index >= 15 is 0 Å². The summed E-state index contributed by atoms with van der Waals surface area (Å²) in [5, 5.41) is 11.5. The number of likely N-dealkylation sites (N-methyl/N-ethyl adjacent to an activating group) is 1. The molecule has 2 aromatic carbocycles. The number of benzene rings is 2. The molecule has 1 saturated heterocycles. The first-order valence-electron chi connectivity index (χ1n) is 13.4. The van der Waals surface area contributed by atoms with Gasteiger partial charge in [-0.25, -0.2) is 9.59 Å². The van der Waals surface area contributed by atoms with Crippen molar-refractivity contribution in [3.63, 3.8) is 0 Å². The van der Waals surface area contributed by atoms with E-state index in [0.717, 1.165) is 12.1 Å². The van der Waals surface area contributed by atoms with Crippen LogP contribution in [0.25, 0.3) is 0 Å². The molecular formula is C30H32ClN3O7. The van der Waals surface area contributed by atoms with Gasteiger partial charge in [0.1, 0.15) is 5.70 Å². The predicted octanol–water partition coefficient (Wildman–Crippen LogP) is 4.91. The summed E-state index contributed by atoms with van der Waals surface area (Å²) in [5.74, 6) is -2.39. The molecule has 41 heavy (non-hydrogen) atoms. The van der Waals surface area contributed by atoms with Crippen LogP contribution < -0.4 is 0 Å². The van der Waals surface area contributed by atoms with Gasteiger partial charge in [-0.05, 0) is 67.9 Å². The number of rotatable bonds is 11. The molecule has 0 saturated carbocycles. The molecule has 1 amide bonds. The zero-order chi connectivity index (χ0) is 30.0. The highest BCUT2D eigenvalue weighted by molar-refractivity contribution is 6.30. The molecule has 216 valence electrons. The number of halogens is 1. The van der Waals surface area contributed by atoms with Crippen molar-refractivity contribution < 1.29 is 28.8 Å². The van der Waals surface area contributed by atoms with Gasteiger partial charge in [0, 0.05) is 41.6 Å². The Bertz CT molecular complexity index is 1400. The van der Waals surface area contributed by atoms with Crippen LogP contribution in [0.5, 0.6) is 0 Å². The van der Waals surface area contributed by atoms with Crippen molar-refractivity contribution in [2.45, 2.75) is 39.7 Å². The summed E-state index contributed by atoms with van der Waals surface area (Å²) in [4.78, 5) is 65.5. The predicted molar refractivity (Wildman–Crippen MR) is 151 cm³/mol. The third kappa shape index (κ3) is 6.23. The van der Waals surface area contributed by atoms with E-state index in [-0.39, 0.29) is 52.4 Å². The maximum absolute atomic E-state index is 13.4. The summed E-state index contributed by atoms with van der Waals surface area (Å²) in [6, 6.07) is 11.3. The first-order chi connectivity index (χ1) is 19.4. The Balaban J connectivity index is 1.48. The Labute approximate surface area is 243 Å². The maximum atomic E-state index is 13.4. The smallest absolute Gasteiger partial charge is 0.362 e. The highest BCUT2D eigenvalue weighted by Crippen LogP contribution is 2.48. The van der Waals surface area contributed by atoms with E-state index < -0.39 is 16.9 Å². The van der Waals surface area contributed by atoms with Crippen molar-refractivity contribution in [2.75, 3.05) is 20.1 Å². The topological polar surface area (TPSA) is 127 Å². The lowest BCUT2D eigenvalue weighted by molar-refractivity contribution is -0.384. The molecule has 0 bridgehead atoms. The standard InChI is InChI=1S/C30H32ClN3O7/c1-17(2)25-26-18(3)23(16-32(4)15-5-6-24(35)19-7-11-21(31)12-8-19)27(33(26)28(25)36)30(38)41-29(37)20-9-13-22(14-10-20)34(39)40/h7-14,17-18,25-26H,5-6,15-16H2,1-4H3/t18-,25+,26+/m0/s1. The van der Waals surface area contributed by atoms with Gasteiger partial charge in [-0.15, -0.1) is 0 Å². The second-order valence-electron chi connectivity index (χ2n) is 10.9. The molecule has 1 fully saturated rings. The quantitative estimate of drug-likeness (QED) is 0.0914. The summed E-state index contributed by atoms with van der Waals surface area (Å²) >= 11 is 5.90. The van der Waals surface area contributed by atoms with E-state index in [0.29, 0.717) is 42.1 Å². The van der Waals surface area contributed by atoms with Crippen molar-refractivity contribution >= 4 is 40.9 Å². The number of β-lactam (4-membered cyclic amide) rings is 1. The summed E-state index contributed by atoms with van der Waals surface area (Å²) in [6.07, 6.45) is 0.917. The van der Waals surface area contributed by atoms with Gasteiger partial charge < -0.3 is 14.5 Å². The van der Waals surface area contributed by atoms with Gasteiger partial charge in [0.25, 0.3) is 5.69 Å². The molecule has 10 nitrogen and oxygen atoms in total. The first kappa shape index (κ1) is 30.1. The third-order valence-corrected chi connectivity index (χ3v) is 8.01. The number of hydrogen-bond acceptors (Lipinski definition) is 8. The summed E-state index contributed by atoms with van der Waals surface area (Å²) in [7, 11) is 1.87. The van der Waals surface area contributed by atoms with E-state index in [2.05, 4.69) is 0 Å². The number of ketones is 1. The van der Waals surface area contributed by atoms with Crippen LogP contribution >= 0.6 is 11.6 Å². The normalized spacial score (nSPS) is 19.8. The lowest BCUT2D eigenvalue weighted by Crippen LogP contribution is -2.62. The highest BCUT2D eigenvalue weighted by Gasteiger charge is 2.59. The number of fused-ring (bicyclic) bond motifs is 1. The summed E-state index contributed by atoms with van der Waals surface area (Å²) < 4.78 is 5.18. The molecular weight excluding hydrogens is 550 g/mol. The molecule has 0 spiro atoms. The van der Waals surface area contributed by atoms with Crippen molar-refractivity contribution in [3.8, 4) is 0 Å². The fourth-order valence-electron chi connectivity index (χ4n) is 5.60. The van der Waals surface area contributed by atoms with Gasteiger partial charge in [-0.1, -0.05) is 32.4 Å². The Kier molecular flexibility index (Phi) is 9.04. The molecule has 0 aromatic heterocycles. The largest absolute Gasteiger partial charge is 0.385 e. The fraction of sp³-hybridized carbons (Fsp3) is 0.400. The minimum atomic E-state index is -0.963. The third-order valence-electron chi connectivity index (χ3n) is 7.76. The molecule has 2 aromatic rings. The number of esters is 2. The SMILES string of the molecule is CC(C)[C@H]1C(=O)N2C(C(=O)OC(=O)c3ccc([N+](=O)[O-])cc3)=C(CN(C)CCCC(=O)c3ccc(Cl)cc3)[C@H](C)[C@H]12. The Hall–Kier alpha value is -3.89. The molecule has 0 radical (unpaired) electrons. The average Bonchev–Trinajstić information content (AvgIpc) is 3.16. The number of nitro benzene ring substituents is 1. The molecule has 2 aliphatic rings. The van der Waals surface area contributed by atoms with Gasteiger partial charge >= 0.3 is 11.9 Å². The van der Waals surface area contributed by atoms with Crippen LogP contribution in [-0.4, -0.2) is 64.5 Å². The minimum Gasteiger partial charge on any atom is -0.385 e. The van der Waals surface area contributed by atoms with E-state index in [1.807, 2.05) is 32.7 Å². The van der Waals surface area contributed by atoms with Crippen molar-refractivity contribution in [1.29, 1.82) is 0 Å². The van der Waals surface area contributed by atoms with Gasteiger partial charge in [0.2, 0.25) is 5.91 Å². The average molecular weight is 582 g/mol. The molecule has 2 heterocycles. The van der Waals surface area contributed by atoms with Crippen LogP contribution in [0.1, 0.15) is 54.3 Å². The van der Waals surface area contributed by atoms with Gasteiger partial charge in [0.05, 0.1) is 22.4 Å². The second-order valence-corrected chi connectivity index (χ2v) is 11.3. The highest BCUT2D eigenvalue weighted by atomic mass is 35.5. The molecule has 4 rings (SSSR count). The van der Waals surface area contributed by atoms with E-state index in [9.17, 15) is 29.3 Å². The van der Waals surface area contributed by atoms with E-state index in [4.69, 9.17) is 16.3 Å². The summed E-state index contributed by atoms with van der Waals surface area (Å²) in [5.41, 5.74) is 1.14. The Morgan fingerprint density at radius 3 is 2.24 bits per heavy atom. The second kappa shape index (κ2) is 12.3. The Morgan fingerprint density at radius 1 is 1.05 bits per heavy atom. The van der Waals surface area contributed by atoms with E-state index in [1.54, 1.807) is 24.3 Å². The lowest BCUT2D eigenvalue weighted by atomic mass is 9.74. The van der Waals surface area contributed by atoms with Crippen LogP contribution in [-0.2, 0) is 14.3 Å². The van der Waals surface area contributed by atoms with Crippen LogP contribution in [0, 0.1) is 27.9 Å². The number of non-ortho nitro benzene ring substituents is 1. The van der Waals surface area contributed by atoms with Crippen LogP contribution in [0.3, 0.4) is 0 Å². The van der Waals surface area contributed by atoms with Crippen molar-refractivity contribution in [3.05, 3.63) is 86.1 Å². The number of carbonyl (C=O) groups is 4. The fourth-order valence-corrected chi connectivity index (χ4v) is 5.73. The van der Waals surface area contributed by atoms with Crippen LogP contribution in [0.15, 0.2) is 59.8 Å². The zero-order valence-electron chi connectivity index (χ0n) is 23.3. The van der Waals surface area contributed by atoms with E-state index in [1.165, 1.54) is 17.0 Å². The van der Waals surface area contributed by atoms with Gasteiger partial charge in [0.15, 0.2) is 5.78 Å². The number of hydrogen-bond donors (Lipinski definition) is 0. The number of Topliss-reactive ketones (excluding diaryl/α,β-unsaturated/α-hetero) is 1.